The molecule has 0 spiro atoms. The average molecular weight is 301 g/mol. The van der Waals surface area contributed by atoms with Crippen LogP contribution in [0.25, 0.3) is 0 Å². The predicted octanol–water partition coefficient (Wildman–Crippen LogP) is 3.00. The molecule has 2 atom stereocenters. The Morgan fingerprint density at radius 3 is 2.48 bits per heavy atom. The zero-order valence-electron chi connectivity index (χ0n) is 11.9. The first-order chi connectivity index (χ1) is 9.68. The highest BCUT2D eigenvalue weighted by atomic mass is 19.4. The minimum absolute atomic E-state index is 0.0627. The van der Waals surface area contributed by atoms with E-state index >= 15 is 0 Å². The van der Waals surface area contributed by atoms with Crippen LogP contribution >= 0.6 is 0 Å². The van der Waals surface area contributed by atoms with Crippen LogP contribution in [0.15, 0.2) is 18.2 Å². The number of carbonyl (C=O) groups is 1. The molecule has 0 radical (unpaired) electrons. The van der Waals surface area contributed by atoms with Gasteiger partial charge in [0.1, 0.15) is 0 Å². The van der Waals surface area contributed by atoms with Gasteiger partial charge in [-0.3, -0.25) is 9.69 Å². The Balaban J connectivity index is 2.14. The van der Waals surface area contributed by atoms with E-state index in [1.165, 1.54) is 0 Å². The summed E-state index contributed by atoms with van der Waals surface area (Å²) in [5.41, 5.74) is 3.04. The maximum atomic E-state index is 12.9. The molecule has 116 valence electrons. The highest BCUT2D eigenvalue weighted by Crippen LogP contribution is 2.38. The molecule has 21 heavy (non-hydrogen) atoms. The molecule has 0 aliphatic carbocycles. The number of alkyl halides is 3. The van der Waals surface area contributed by atoms with Crippen LogP contribution in [0, 0.1) is 25.7 Å². The molecule has 3 nitrogen and oxygen atoms in total. The Morgan fingerprint density at radius 2 is 2.00 bits per heavy atom. The SMILES string of the molecule is Cc1ccc(CN2C[C@@H](C(F)(F)F)[C@H](C(=O)O)C2)c(C)c1. The lowest BCUT2D eigenvalue weighted by molar-refractivity contribution is -0.188. The number of nitrogens with zero attached hydrogens (tertiary/aromatic N) is 1. The molecule has 1 aromatic carbocycles. The van der Waals surface area contributed by atoms with Gasteiger partial charge < -0.3 is 5.11 Å². The van der Waals surface area contributed by atoms with Crippen molar-refractivity contribution in [2.75, 3.05) is 13.1 Å². The van der Waals surface area contributed by atoms with Crippen molar-refractivity contribution in [3.63, 3.8) is 0 Å². The smallest absolute Gasteiger partial charge is 0.393 e. The third-order valence-corrected chi connectivity index (χ3v) is 4.03. The number of halogens is 3. The summed E-state index contributed by atoms with van der Waals surface area (Å²) in [6, 6.07) is 5.77. The van der Waals surface area contributed by atoms with Gasteiger partial charge in [-0.25, -0.2) is 0 Å². The Kier molecular flexibility index (Phi) is 4.27. The monoisotopic (exact) mass is 301 g/mol. The quantitative estimate of drug-likeness (QED) is 0.933. The summed E-state index contributed by atoms with van der Waals surface area (Å²) < 4.78 is 38.8. The molecule has 1 aromatic rings. The number of hydrogen-bond donors (Lipinski definition) is 1. The van der Waals surface area contributed by atoms with Crippen molar-refractivity contribution >= 4 is 5.97 Å². The number of benzene rings is 1. The van der Waals surface area contributed by atoms with E-state index < -0.39 is 24.0 Å². The minimum Gasteiger partial charge on any atom is -0.481 e. The Labute approximate surface area is 121 Å². The molecule has 0 saturated carbocycles. The van der Waals surface area contributed by atoms with E-state index in [4.69, 9.17) is 5.11 Å². The number of carboxylic acids is 1. The fourth-order valence-corrected chi connectivity index (χ4v) is 2.86. The standard InChI is InChI=1S/C15H18F3NO2/c1-9-3-4-11(10(2)5-9)6-19-7-12(14(20)21)13(8-19)15(16,17)18/h3-5,12-13H,6-8H2,1-2H3,(H,20,21)/t12-,13-/m1/s1. The Morgan fingerprint density at radius 1 is 1.33 bits per heavy atom. The molecular weight excluding hydrogens is 283 g/mol. The van der Waals surface area contributed by atoms with Gasteiger partial charge in [0.15, 0.2) is 0 Å². The molecule has 1 fully saturated rings. The van der Waals surface area contributed by atoms with Gasteiger partial charge in [-0.15, -0.1) is 0 Å². The van der Waals surface area contributed by atoms with E-state index in [-0.39, 0.29) is 13.1 Å². The van der Waals surface area contributed by atoms with Gasteiger partial charge in [-0.05, 0) is 25.0 Å². The Hall–Kier alpha value is -1.56. The molecule has 1 aliphatic heterocycles. The third-order valence-electron chi connectivity index (χ3n) is 4.03. The van der Waals surface area contributed by atoms with Crippen LogP contribution in [0.5, 0.6) is 0 Å². The van der Waals surface area contributed by atoms with Crippen LogP contribution in [0.3, 0.4) is 0 Å². The second-order valence-electron chi connectivity index (χ2n) is 5.72. The fourth-order valence-electron chi connectivity index (χ4n) is 2.86. The first-order valence-electron chi connectivity index (χ1n) is 6.76. The summed E-state index contributed by atoms with van der Waals surface area (Å²) in [6.07, 6.45) is -4.47. The van der Waals surface area contributed by atoms with Gasteiger partial charge in [0.2, 0.25) is 0 Å². The molecule has 1 saturated heterocycles. The molecule has 0 unspecified atom stereocenters. The molecule has 6 heteroatoms. The summed E-state index contributed by atoms with van der Waals surface area (Å²) in [4.78, 5) is 12.6. The number of carboxylic acid groups (broad SMARTS) is 1. The summed E-state index contributed by atoms with van der Waals surface area (Å²) in [6.45, 7) is 3.89. The molecular formula is C15H18F3NO2. The number of rotatable bonds is 3. The maximum Gasteiger partial charge on any atom is 0.393 e. The number of aliphatic carboxylic acids is 1. The van der Waals surface area contributed by atoms with Crippen molar-refractivity contribution in [2.45, 2.75) is 26.6 Å². The van der Waals surface area contributed by atoms with Gasteiger partial charge in [-0.1, -0.05) is 23.8 Å². The number of likely N-dealkylation sites (tertiary alicyclic amines) is 1. The van der Waals surface area contributed by atoms with Gasteiger partial charge in [-0.2, -0.15) is 13.2 Å². The summed E-state index contributed by atoms with van der Waals surface area (Å²) >= 11 is 0. The van der Waals surface area contributed by atoms with Crippen molar-refractivity contribution in [1.29, 1.82) is 0 Å². The van der Waals surface area contributed by atoms with E-state index in [9.17, 15) is 18.0 Å². The van der Waals surface area contributed by atoms with Crippen molar-refractivity contribution < 1.29 is 23.1 Å². The molecule has 1 N–H and O–H groups in total. The van der Waals surface area contributed by atoms with E-state index in [0.29, 0.717) is 6.54 Å². The van der Waals surface area contributed by atoms with Crippen LogP contribution in [0.4, 0.5) is 13.2 Å². The van der Waals surface area contributed by atoms with Crippen LogP contribution < -0.4 is 0 Å². The first-order valence-corrected chi connectivity index (χ1v) is 6.76. The fraction of sp³-hybridized carbons (Fsp3) is 0.533. The second-order valence-corrected chi connectivity index (χ2v) is 5.72. The lowest BCUT2D eigenvalue weighted by atomic mass is 9.96. The van der Waals surface area contributed by atoms with Crippen LogP contribution in [0.2, 0.25) is 0 Å². The molecule has 0 bridgehead atoms. The van der Waals surface area contributed by atoms with Crippen molar-refractivity contribution in [1.82, 2.24) is 4.90 Å². The summed E-state index contributed by atoms with van der Waals surface area (Å²) in [5.74, 6) is -4.54. The van der Waals surface area contributed by atoms with Crippen molar-refractivity contribution in [3.05, 3.63) is 34.9 Å². The first kappa shape index (κ1) is 15.8. The van der Waals surface area contributed by atoms with E-state index in [1.807, 2.05) is 32.0 Å². The molecule has 1 heterocycles. The molecule has 0 amide bonds. The van der Waals surface area contributed by atoms with Crippen LogP contribution in [-0.4, -0.2) is 35.2 Å². The van der Waals surface area contributed by atoms with Crippen LogP contribution in [-0.2, 0) is 11.3 Å². The number of aryl methyl sites for hydroxylation is 2. The zero-order valence-corrected chi connectivity index (χ0v) is 11.9. The predicted molar refractivity (Wildman–Crippen MR) is 71.9 cm³/mol. The molecule has 0 aromatic heterocycles. The molecule has 1 aliphatic rings. The largest absolute Gasteiger partial charge is 0.481 e. The van der Waals surface area contributed by atoms with Crippen molar-refractivity contribution in [3.8, 4) is 0 Å². The lowest BCUT2D eigenvalue weighted by Crippen LogP contribution is -2.33. The topological polar surface area (TPSA) is 40.5 Å². The minimum atomic E-state index is -4.47. The third kappa shape index (κ3) is 3.56. The average Bonchev–Trinajstić information content (AvgIpc) is 2.77. The Bertz CT molecular complexity index is 542. The van der Waals surface area contributed by atoms with Gasteiger partial charge >= 0.3 is 12.1 Å². The lowest BCUT2D eigenvalue weighted by Gasteiger charge is -2.19. The maximum absolute atomic E-state index is 12.9. The highest BCUT2D eigenvalue weighted by Gasteiger charge is 2.52. The van der Waals surface area contributed by atoms with E-state index in [0.717, 1.165) is 16.7 Å². The van der Waals surface area contributed by atoms with E-state index in [1.54, 1.807) is 4.90 Å². The summed E-state index contributed by atoms with van der Waals surface area (Å²) in [7, 11) is 0. The summed E-state index contributed by atoms with van der Waals surface area (Å²) in [5, 5.41) is 9.00. The van der Waals surface area contributed by atoms with Crippen LogP contribution in [0.1, 0.15) is 16.7 Å². The normalized spacial score (nSPS) is 23.5. The van der Waals surface area contributed by atoms with E-state index in [2.05, 4.69) is 0 Å². The number of hydrogen-bond acceptors (Lipinski definition) is 2. The van der Waals surface area contributed by atoms with Gasteiger partial charge in [0.25, 0.3) is 0 Å². The second kappa shape index (κ2) is 5.67. The molecule has 2 rings (SSSR count). The van der Waals surface area contributed by atoms with Gasteiger partial charge in [0.05, 0.1) is 11.8 Å². The highest BCUT2D eigenvalue weighted by molar-refractivity contribution is 5.71. The van der Waals surface area contributed by atoms with Gasteiger partial charge in [0, 0.05) is 19.6 Å². The van der Waals surface area contributed by atoms with Crippen molar-refractivity contribution in [2.24, 2.45) is 11.8 Å². The zero-order chi connectivity index (χ0) is 15.8.